The first-order chi connectivity index (χ1) is 6.74. The van der Waals surface area contributed by atoms with Crippen LogP contribution < -0.4 is 5.56 Å². The van der Waals surface area contributed by atoms with Gasteiger partial charge >= 0.3 is 0 Å². The lowest BCUT2D eigenvalue weighted by Gasteiger charge is -2.02. The van der Waals surface area contributed by atoms with Crippen molar-refractivity contribution in [2.24, 2.45) is 7.05 Å². The van der Waals surface area contributed by atoms with E-state index in [0.29, 0.717) is 22.8 Å². The minimum absolute atomic E-state index is 0.140. The Bertz CT molecular complexity index is 558. The summed E-state index contributed by atoms with van der Waals surface area (Å²) in [5.74, 6) is 0. The number of carbonyl (C=O) groups is 1. The minimum Gasteiger partial charge on any atom is -0.317 e. The summed E-state index contributed by atoms with van der Waals surface area (Å²) in [7, 11) is 1.61. The van der Waals surface area contributed by atoms with E-state index in [4.69, 9.17) is 0 Å². The van der Waals surface area contributed by atoms with Crippen molar-refractivity contribution in [1.82, 2.24) is 9.55 Å². The van der Waals surface area contributed by atoms with Gasteiger partial charge in [0.2, 0.25) is 0 Å². The van der Waals surface area contributed by atoms with Crippen molar-refractivity contribution in [2.75, 3.05) is 0 Å². The first kappa shape index (κ1) is 8.62. The lowest BCUT2D eigenvalue weighted by atomic mass is 10.2. The molecule has 4 nitrogen and oxygen atoms in total. The Balaban J connectivity index is 3.04. The highest BCUT2D eigenvalue weighted by Gasteiger charge is 2.05. The normalized spacial score (nSPS) is 10.4. The van der Waals surface area contributed by atoms with E-state index in [1.54, 1.807) is 25.4 Å². The van der Waals surface area contributed by atoms with Crippen LogP contribution in [-0.4, -0.2) is 15.8 Å². The Kier molecular flexibility index (Phi) is 1.89. The van der Waals surface area contributed by atoms with Crippen molar-refractivity contribution in [3.63, 3.8) is 0 Å². The molecule has 2 aromatic heterocycles. The number of fused-ring (bicyclic) bond motifs is 1. The van der Waals surface area contributed by atoms with E-state index in [1.807, 2.05) is 0 Å². The van der Waals surface area contributed by atoms with Gasteiger partial charge in [-0.25, -0.2) is 0 Å². The third-order valence-corrected chi connectivity index (χ3v) is 2.09. The number of aldehydes is 1. The fraction of sp³-hybridized carbons (Fsp3) is 0.100. The molecule has 2 heterocycles. The molecule has 2 rings (SSSR count). The van der Waals surface area contributed by atoms with Crippen molar-refractivity contribution in [2.45, 2.75) is 0 Å². The van der Waals surface area contributed by atoms with E-state index in [9.17, 15) is 9.59 Å². The van der Waals surface area contributed by atoms with Gasteiger partial charge in [0.25, 0.3) is 5.56 Å². The summed E-state index contributed by atoms with van der Waals surface area (Å²) in [6.45, 7) is 0. The predicted octanol–water partition coefficient (Wildman–Crippen LogP) is 0.746. The van der Waals surface area contributed by atoms with Gasteiger partial charge < -0.3 is 4.57 Å². The number of carbonyl (C=O) groups excluding carboxylic acids is 1. The number of hydrogen-bond acceptors (Lipinski definition) is 3. The monoisotopic (exact) mass is 188 g/mol. The van der Waals surface area contributed by atoms with Gasteiger partial charge in [-0.1, -0.05) is 0 Å². The standard InChI is InChI=1S/C10H8N2O2/c1-12-5-7(6-13)9-8(10(12)14)3-2-4-11-9/h2-6H,1H3. The number of hydrogen-bond donors (Lipinski definition) is 0. The van der Waals surface area contributed by atoms with Crippen LogP contribution in [0.4, 0.5) is 0 Å². The second kappa shape index (κ2) is 3.06. The van der Waals surface area contributed by atoms with Gasteiger partial charge in [0.1, 0.15) is 0 Å². The Labute approximate surface area is 79.8 Å². The van der Waals surface area contributed by atoms with Crippen molar-refractivity contribution in [3.8, 4) is 0 Å². The smallest absolute Gasteiger partial charge is 0.259 e. The summed E-state index contributed by atoms with van der Waals surface area (Å²) >= 11 is 0. The van der Waals surface area contributed by atoms with Crippen LogP contribution in [0.1, 0.15) is 10.4 Å². The average Bonchev–Trinajstić information content (AvgIpc) is 2.23. The second-order valence-electron chi connectivity index (χ2n) is 3.02. The Morgan fingerprint density at radius 3 is 3.00 bits per heavy atom. The first-order valence-corrected chi connectivity index (χ1v) is 4.13. The molecule has 2 aromatic rings. The second-order valence-corrected chi connectivity index (χ2v) is 3.02. The van der Waals surface area contributed by atoms with E-state index in [-0.39, 0.29) is 5.56 Å². The molecule has 0 amide bonds. The van der Waals surface area contributed by atoms with Crippen LogP contribution in [0.25, 0.3) is 10.9 Å². The molecule has 14 heavy (non-hydrogen) atoms. The zero-order valence-corrected chi connectivity index (χ0v) is 7.60. The zero-order valence-electron chi connectivity index (χ0n) is 7.60. The number of pyridine rings is 2. The van der Waals surface area contributed by atoms with Gasteiger partial charge in [-0.05, 0) is 12.1 Å². The van der Waals surface area contributed by atoms with Crippen LogP contribution in [0.5, 0.6) is 0 Å². The maximum atomic E-state index is 11.6. The molecule has 0 N–H and O–H groups in total. The molecule has 0 unspecified atom stereocenters. The van der Waals surface area contributed by atoms with Crippen LogP contribution in [-0.2, 0) is 7.05 Å². The molecular weight excluding hydrogens is 180 g/mol. The third kappa shape index (κ3) is 1.12. The van der Waals surface area contributed by atoms with Crippen LogP contribution >= 0.6 is 0 Å². The van der Waals surface area contributed by atoms with Gasteiger partial charge in [-0.15, -0.1) is 0 Å². The molecule has 0 atom stereocenters. The van der Waals surface area contributed by atoms with Crippen LogP contribution in [0.3, 0.4) is 0 Å². The molecule has 0 aliphatic carbocycles. The fourth-order valence-electron chi connectivity index (χ4n) is 1.41. The Hall–Kier alpha value is -1.97. The van der Waals surface area contributed by atoms with Gasteiger partial charge in [-0.2, -0.15) is 0 Å². The lowest BCUT2D eigenvalue weighted by molar-refractivity contribution is 0.112. The lowest BCUT2D eigenvalue weighted by Crippen LogP contribution is -2.17. The van der Waals surface area contributed by atoms with Crippen molar-refractivity contribution in [1.29, 1.82) is 0 Å². The molecule has 0 fully saturated rings. The van der Waals surface area contributed by atoms with Gasteiger partial charge in [0, 0.05) is 19.4 Å². The van der Waals surface area contributed by atoms with E-state index >= 15 is 0 Å². The summed E-state index contributed by atoms with van der Waals surface area (Å²) in [6.07, 6.45) is 3.76. The van der Waals surface area contributed by atoms with Crippen LogP contribution in [0.15, 0.2) is 29.3 Å². The largest absolute Gasteiger partial charge is 0.317 e. The van der Waals surface area contributed by atoms with Crippen molar-refractivity contribution >= 4 is 17.2 Å². The fourth-order valence-corrected chi connectivity index (χ4v) is 1.41. The maximum Gasteiger partial charge on any atom is 0.259 e. The molecule has 0 aliphatic heterocycles. The van der Waals surface area contributed by atoms with E-state index in [0.717, 1.165) is 0 Å². The van der Waals surface area contributed by atoms with Gasteiger partial charge in [0.05, 0.1) is 16.5 Å². The number of aryl methyl sites for hydroxylation is 1. The van der Waals surface area contributed by atoms with E-state index < -0.39 is 0 Å². The Morgan fingerprint density at radius 1 is 1.50 bits per heavy atom. The molecule has 4 heteroatoms. The van der Waals surface area contributed by atoms with Crippen LogP contribution in [0, 0.1) is 0 Å². The first-order valence-electron chi connectivity index (χ1n) is 4.13. The topological polar surface area (TPSA) is 52.0 Å². The van der Waals surface area contributed by atoms with Crippen molar-refractivity contribution < 1.29 is 4.79 Å². The highest BCUT2D eigenvalue weighted by molar-refractivity contribution is 5.94. The molecule has 0 bridgehead atoms. The SMILES string of the molecule is Cn1cc(C=O)c2ncccc2c1=O. The maximum absolute atomic E-state index is 11.6. The van der Waals surface area contributed by atoms with E-state index in [2.05, 4.69) is 4.98 Å². The summed E-state index contributed by atoms with van der Waals surface area (Å²) in [6, 6.07) is 3.34. The molecule has 0 aromatic carbocycles. The molecule has 0 saturated carbocycles. The number of rotatable bonds is 1. The van der Waals surface area contributed by atoms with Crippen LogP contribution in [0.2, 0.25) is 0 Å². The third-order valence-electron chi connectivity index (χ3n) is 2.09. The molecule has 70 valence electrons. The molecular formula is C10H8N2O2. The molecule has 0 aliphatic rings. The summed E-state index contributed by atoms with van der Waals surface area (Å²) in [5.41, 5.74) is 0.756. The summed E-state index contributed by atoms with van der Waals surface area (Å²) in [5, 5.41) is 0.472. The number of nitrogens with zero attached hydrogens (tertiary/aromatic N) is 2. The summed E-state index contributed by atoms with van der Waals surface area (Å²) in [4.78, 5) is 26.3. The summed E-state index contributed by atoms with van der Waals surface area (Å²) < 4.78 is 1.38. The van der Waals surface area contributed by atoms with Gasteiger partial charge in [-0.3, -0.25) is 14.6 Å². The average molecular weight is 188 g/mol. The van der Waals surface area contributed by atoms with Gasteiger partial charge in [0.15, 0.2) is 6.29 Å². The quantitative estimate of drug-likeness (QED) is 0.620. The molecule has 0 spiro atoms. The zero-order chi connectivity index (χ0) is 10.1. The molecule has 0 saturated heterocycles. The van der Waals surface area contributed by atoms with E-state index in [1.165, 1.54) is 10.8 Å². The highest BCUT2D eigenvalue weighted by Crippen LogP contribution is 2.09. The molecule has 0 radical (unpaired) electrons. The highest BCUT2D eigenvalue weighted by atomic mass is 16.1. The Morgan fingerprint density at radius 2 is 2.29 bits per heavy atom. The minimum atomic E-state index is -0.140. The predicted molar refractivity (Wildman–Crippen MR) is 52.4 cm³/mol. The van der Waals surface area contributed by atoms with Crippen molar-refractivity contribution in [3.05, 3.63) is 40.4 Å². The number of aromatic nitrogens is 2.